The Labute approximate surface area is 85.1 Å². The van der Waals surface area contributed by atoms with Crippen molar-refractivity contribution in [3.05, 3.63) is 29.6 Å². The summed E-state index contributed by atoms with van der Waals surface area (Å²) in [5.41, 5.74) is 5.40. The highest BCUT2D eigenvalue weighted by molar-refractivity contribution is 5.88. The molecule has 1 aromatic heterocycles. The van der Waals surface area contributed by atoms with Gasteiger partial charge in [0.15, 0.2) is 0 Å². The van der Waals surface area contributed by atoms with Gasteiger partial charge in [-0.15, -0.1) is 0 Å². The van der Waals surface area contributed by atoms with Crippen LogP contribution in [-0.4, -0.2) is 24.5 Å². The third kappa shape index (κ3) is 2.69. The zero-order valence-electron chi connectivity index (χ0n) is 7.98. The van der Waals surface area contributed by atoms with E-state index in [-0.39, 0.29) is 11.3 Å². The van der Waals surface area contributed by atoms with Gasteiger partial charge < -0.3 is 10.5 Å². The molecule has 1 aromatic rings. The summed E-state index contributed by atoms with van der Waals surface area (Å²) in [5.74, 6) is -0.570. The Kier molecular flexibility index (Phi) is 3.68. The molecule has 0 fully saturated rings. The monoisotopic (exact) mass is 216 g/mol. The van der Waals surface area contributed by atoms with Gasteiger partial charge in [-0.3, -0.25) is 4.98 Å². The van der Waals surface area contributed by atoms with Gasteiger partial charge >= 0.3 is 5.97 Å². The van der Waals surface area contributed by atoms with Crippen LogP contribution in [0.4, 0.5) is 8.78 Å². The highest BCUT2D eigenvalue weighted by atomic mass is 19.3. The molecule has 0 saturated heterocycles. The number of esters is 1. The standard InChI is InChI=1S/C9H10F2N2O2/c1-15-9(14)5-2-3-6(13-4-5)7(12)8(10)11/h2-4,7-8H,12H2,1H3. The average molecular weight is 216 g/mol. The number of halogens is 2. The molecule has 1 unspecified atom stereocenters. The summed E-state index contributed by atoms with van der Waals surface area (Å²) in [7, 11) is 1.22. The minimum absolute atomic E-state index is 0.0395. The third-order valence-electron chi connectivity index (χ3n) is 1.82. The van der Waals surface area contributed by atoms with Gasteiger partial charge in [-0.25, -0.2) is 13.6 Å². The fourth-order valence-corrected chi connectivity index (χ4v) is 0.970. The Balaban J connectivity index is 2.85. The van der Waals surface area contributed by atoms with Gasteiger partial charge in [0.25, 0.3) is 6.43 Å². The van der Waals surface area contributed by atoms with Crippen molar-refractivity contribution < 1.29 is 18.3 Å². The average Bonchev–Trinajstić information content (AvgIpc) is 2.27. The van der Waals surface area contributed by atoms with Gasteiger partial charge in [-0.2, -0.15) is 0 Å². The van der Waals surface area contributed by atoms with Crippen molar-refractivity contribution in [3.8, 4) is 0 Å². The van der Waals surface area contributed by atoms with Crippen LogP contribution < -0.4 is 5.73 Å². The number of nitrogens with two attached hydrogens (primary N) is 1. The van der Waals surface area contributed by atoms with E-state index in [4.69, 9.17) is 5.73 Å². The number of hydrogen-bond acceptors (Lipinski definition) is 4. The summed E-state index contributed by atoms with van der Waals surface area (Å²) in [6.07, 6.45) is -1.52. The van der Waals surface area contributed by atoms with E-state index in [0.717, 1.165) is 6.20 Å². The molecule has 0 saturated carbocycles. The number of ether oxygens (including phenoxy) is 1. The van der Waals surface area contributed by atoms with Crippen molar-refractivity contribution in [1.29, 1.82) is 0 Å². The summed E-state index contributed by atoms with van der Waals surface area (Å²) >= 11 is 0. The molecule has 0 bridgehead atoms. The first-order valence-electron chi connectivity index (χ1n) is 4.14. The summed E-state index contributed by atoms with van der Waals surface area (Å²) < 4.78 is 28.8. The van der Waals surface area contributed by atoms with Crippen LogP contribution in [0.2, 0.25) is 0 Å². The zero-order valence-corrected chi connectivity index (χ0v) is 7.98. The van der Waals surface area contributed by atoms with E-state index in [1.54, 1.807) is 0 Å². The van der Waals surface area contributed by atoms with E-state index in [1.165, 1.54) is 19.2 Å². The second-order valence-electron chi connectivity index (χ2n) is 2.82. The molecule has 1 rings (SSSR count). The minimum atomic E-state index is -2.68. The fourth-order valence-electron chi connectivity index (χ4n) is 0.970. The second kappa shape index (κ2) is 4.79. The van der Waals surface area contributed by atoms with Crippen molar-refractivity contribution in [2.75, 3.05) is 7.11 Å². The highest BCUT2D eigenvalue weighted by Gasteiger charge is 2.19. The summed E-state index contributed by atoms with van der Waals surface area (Å²) in [4.78, 5) is 14.6. The molecule has 82 valence electrons. The van der Waals surface area contributed by atoms with Gasteiger partial charge in [0.2, 0.25) is 0 Å². The molecule has 0 aliphatic rings. The van der Waals surface area contributed by atoms with Crippen LogP contribution >= 0.6 is 0 Å². The molecule has 0 spiro atoms. The Morgan fingerprint density at radius 2 is 2.20 bits per heavy atom. The number of alkyl halides is 2. The fraction of sp³-hybridized carbons (Fsp3) is 0.333. The van der Waals surface area contributed by atoms with E-state index >= 15 is 0 Å². The summed E-state index contributed by atoms with van der Waals surface area (Å²) in [6, 6.07) is 1.19. The number of aromatic nitrogens is 1. The lowest BCUT2D eigenvalue weighted by Crippen LogP contribution is -2.20. The Bertz CT molecular complexity index is 340. The predicted octanol–water partition coefficient (Wildman–Crippen LogP) is 1.13. The number of methoxy groups -OCH3 is 1. The first kappa shape index (κ1) is 11.5. The lowest BCUT2D eigenvalue weighted by atomic mass is 10.2. The van der Waals surface area contributed by atoms with Crippen LogP contribution in [0, 0.1) is 0 Å². The van der Waals surface area contributed by atoms with Crippen molar-refractivity contribution in [3.63, 3.8) is 0 Å². The number of pyridine rings is 1. The molecule has 0 radical (unpaired) electrons. The topological polar surface area (TPSA) is 65.2 Å². The first-order valence-corrected chi connectivity index (χ1v) is 4.14. The molecular weight excluding hydrogens is 206 g/mol. The maximum absolute atomic E-state index is 12.2. The minimum Gasteiger partial charge on any atom is -0.465 e. The normalized spacial score (nSPS) is 12.6. The highest BCUT2D eigenvalue weighted by Crippen LogP contribution is 2.15. The van der Waals surface area contributed by atoms with Gasteiger partial charge in [0, 0.05) is 6.20 Å². The zero-order chi connectivity index (χ0) is 11.4. The number of carbonyl (C=O) groups is 1. The smallest absolute Gasteiger partial charge is 0.339 e. The molecule has 6 heteroatoms. The largest absolute Gasteiger partial charge is 0.465 e. The van der Waals surface area contributed by atoms with Gasteiger partial charge in [0.05, 0.1) is 18.4 Å². The summed E-state index contributed by atoms with van der Waals surface area (Å²) in [6.45, 7) is 0. The lowest BCUT2D eigenvalue weighted by molar-refractivity contribution is 0.0600. The molecule has 15 heavy (non-hydrogen) atoms. The number of carbonyl (C=O) groups excluding carboxylic acids is 1. The van der Waals surface area contributed by atoms with Crippen molar-refractivity contribution in [2.24, 2.45) is 5.73 Å². The van der Waals surface area contributed by atoms with Crippen LogP contribution in [0.15, 0.2) is 18.3 Å². The predicted molar refractivity (Wildman–Crippen MR) is 48.5 cm³/mol. The molecule has 0 amide bonds. The van der Waals surface area contributed by atoms with Crippen LogP contribution in [0.25, 0.3) is 0 Å². The maximum atomic E-state index is 12.2. The van der Waals surface area contributed by atoms with Crippen molar-refractivity contribution in [1.82, 2.24) is 4.98 Å². The second-order valence-corrected chi connectivity index (χ2v) is 2.82. The van der Waals surface area contributed by atoms with Crippen LogP contribution in [0.5, 0.6) is 0 Å². The first-order chi connectivity index (χ1) is 7.06. The van der Waals surface area contributed by atoms with E-state index in [1.807, 2.05) is 0 Å². The van der Waals surface area contributed by atoms with Gasteiger partial charge in [-0.1, -0.05) is 0 Å². The Hall–Kier alpha value is -1.56. The molecule has 0 aliphatic carbocycles. The maximum Gasteiger partial charge on any atom is 0.339 e. The lowest BCUT2D eigenvalue weighted by Gasteiger charge is -2.09. The number of nitrogens with zero attached hydrogens (tertiary/aromatic N) is 1. The van der Waals surface area contributed by atoms with E-state index in [0.29, 0.717) is 0 Å². The summed E-state index contributed by atoms with van der Waals surface area (Å²) in [5, 5.41) is 0. The SMILES string of the molecule is COC(=O)c1ccc(C(N)C(F)F)nc1. The quantitative estimate of drug-likeness (QED) is 0.769. The number of hydrogen-bond donors (Lipinski definition) is 1. The Morgan fingerprint density at radius 1 is 1.53 bits per heavy atom. The van der Waals surface area contributed by atoms with E-state index in [2.05, 4.69) is 9.72 Å². The third-order valence-corrected chi connectivity index (χ3v) is 1.82. The van der Waals surface area contributed by atoms with Gasteiger partial charge in [0.1, 0.15) is 6.04 Å². The number of rotatable bonds is 3. The molecule has 0 aliphatic heterocycles. The van der Waals surface area contributed by atoms with Crippen LogP contribution in [0.3, 0.4) is 0 Å². The molecule has 4 nitrogen and oxygen atoms in total. The van der Waals surface area contributed by atoms with E-state index in [9.17, 15) is 13.6 Å². The molecule has 0 aromatic carbocycles. The molecule has 1 atom stereocenters. The molecule has 1 heterocycles. The van der Waals surface area contributed by atoms with Gasteiger partial charge in [-0.05, 0) is 12.1 Å². The van der Waals surface area contributed by atoms with E-state index < -0.39 is 18.4 Å². The van der Waals surface area contributed by atoms with Crippen LogP contribution in [-0.2, 0) is 4.74 Å². The van der Waals surface area contributed by atoms with Crippen LogP contribution in [0.1, 0.15) is 22.1 Å². The molecule has 2 N–H and O–H groups in total. The van der Waals surface area contributed by atoms with Crippen molar-refractivity contribution in [2.45, 2.75) is 12.5 Å². The Morgan fingerprint density at radius 3 is 2.60 bits per heavy atom. The molecular formula is C9H10F2N2O2. The van der Waals surface area contributed by atoms with Crippen molar-refractivity contribution >= 4 is 5.97 Å².